The van der Waals surface area contributed by atoms with E-state index in [2.05, 4.69) is 31.9 Å². The lowest BCUT2D eigenvalue weighted by molar-refractivity contribution is -0.133. The lowest BCUT2D eigenvalue weighted by atomic mass is 10.0. The Kier molecular flexibility index (Phi) is 13.5. The number of benzene rings is 2. The summed E-state index contributed by atoms with van der Waals surface area (Å²) in [5.74, 6) is -2.57. The van der Waals surface area contributed by atoms with Crippen LogP contribution in [0.3, 0.4) is 0 Å². The molecule has 50 heavy (non-hydrogen) atoms. The highest BCUT2D eigenvalue weighted by Crippen LogP contribution is 2.14. The lowest BCUT2D eigenvalue weighted by Crippen LogP contribution is -2.57. The van der Waals surface area contributed by atoms with Gasteiger partial charge in [0.25, 0.3) is 11.8 Å². The van der Waals surface area contributed by atoms with Gasteiger partial charge in [-0.2, -0.15) is 0 Å². The van der Waals surface area contributed by atoms with Crippen LogP contribution < -0.4 is 31.9 Å². The minimum atomic E-state index is -1.01. The van der Waals surface area contributed by atoms with Gasteiger partial charge in [0.1, 0.15) is 24.2 Å². The second-order valence-corrected chi connectivity index (χ2v) is 13.2. The highest BCUT2D eigenvalue weighted by atomic mass is 16.2. The number of carbonyl (C=O) groups excluding carboxylic acids is 7. The van der Waals surface area contributed by atoms with Crippen LogP contribution in [-0.4, -0.2) is 83.6 Å². The molecule has 2 bridgehead atoms. The van der Waals surface area contributed by atoms with Gasteiger partial charge in [0.15, 0.2) is 0 Å². The zero-order valence-corrected chi connectivity index (χ0v) is 28.8. The monoisotopic (exact) mass is 689 g/mol. The predicted molar refractivity (Wildman–Crippen MR) is 184 cm³/mol. The quantitative estimate of drug-likeness (QED) is 0.186. The molecule has 2 aromatic rings. The molecule has 4 atom stereocenters. The Morgan fingerprint density at radius 3 is 2.14 bits per heavy atom. The summed E-state index contributed by atoms with van der Waals surface area (Å²) in [5, 5.41) is 15.9. The minimum absolute atomic E-state index is 0.0233. The molecule has 1 fully saturated rings. The second-order valence-electron chi connectivity index (χ2n) is 13.2. The van der Waals surface area contributed by atoms with Crippen molar-refractivity contribution in [1.29, 1.82) is 0 Å². The third-order valence-corrected chi connectivity index (χ3v) is 8.60. The van der Waals surface area contributed by atoms with E-state index in [0.717, 1.165) is 11.1 Å². The van der Waals surface area contributed by atoms with Crippen LogP contribution in [0.4, 0.5) is 4.79 Å². The predicted octanol–water partition coefficient (Wildman–Crippen LogP) is 1.29. The van der Waals surface area contributed by atoms with Gasteiger partial charge in [0.05, 0.1) is 0 Å². The zero-order valence-electron chi connectivity index (χ0n) is 28.8. The molecule has 0 saturated carbocycles. The Balaban J connectivity index is 1.56. The summed E-state index contributed by atoms with van der Waals surface area (Å²) in [5.41, 5.74) is 1.88. The fourth-order valence-electron chi connectivity index (χ4n) is 5.81. The van der Waals surface area contributed by atoms with Crippen LogP contribution in [0.5, 0.6) is 0 Å². The SMILES string of the molecule is CC(C)C[C@@H]1NC(=O)[C@@H](Cc2ccccc2)NC(=O)c2ccc(cc2)CN(C(=O)CC[C@@H]2NC(=O)NC2=O)CCCCNC(=O)[C@@H](C)NC1=O. The molecule has 3 aliphatic rings. The van der Waals surface area contributed by atoms with Gasteiger partial charge in [-0.25, -0.2) is 4.79 Å². The molecule has 14 nitrogen and oxygen atoms in total. The van der Waals surface area contributed by atoms with Gasteiger partial charge in [0, 0.05) is 38.0 Å². The number of imide groups is 1. The van der Waals surface area contributed by atoms with E-state index in [1.165, 1.54) is 0 Å². The summed E-state index contributed by atoms with van der Waals surface area (Å²) in [6, 6.07) is 11.7. The van der Waals surface area contributed by atoms with Crippen LogP contribution in [0.25, 0.3) is 0 Å². The smallest absolute Gasteiger partial charge is 0.322 e. The van der Waals surface area contributed by atoms with Crippen molar-refractivity contribution in [2.24, 2.45) is 5.92 Å². The molecule has 0 aromatic heterocycles. The van der Waals surface area contributed by atoms with E-state index in [9.17, 15) is 33.6 Å². The fraction of sp³-hybridized carbons (Fsp3) is 0.472. The summed E-state index contributed by atoms with van der Waals surface area (Å²) < 4.78 is 0. The highest BCUT2D eigenvalue weighted by Gasteiger charge is 2.31. The van der Waals surface area contributed by atoms with Crippen LogP contribution in [0, 0.1) is 5.92 Å². The van der Waals surface area contributed by atoms with E-state index in [1.54, 1.807) is 36.1 Å². The molecule has 5 rings (SSSR count). The average Bonchev–Trinajstić information content (AvgIpc) is 3.41. The largest absolute Gasteiger partial charge is 0.354 e. The maximum Gasteiger partial charge on any atom is 0.322 e. The molecule has 1 saturated heterocycles. The van der Waals surface area contributed by atoms with Crippen molar-refractivity contribution in [2.75, 3.05) is 13.1 Å². The molecule has 268 valence electrons. The maximum atomic E-state index is 13.7. The topological polar surface area (TPSA) is 195 Å². The van der Waals surface area contributed by atoms with Gasteiger partial charge in [-0.1, -0.05) is 56.3 Å². The molecule has 8 amide bonds. The molecular formula is C36H47N7O7. The Labute approximate surface area is 291 Å². The van der Waals surface area contributed by atoms with Crippen molar-refractivity contribution >= 4 is 41.5 Å². The van der Waals surface area contributed by atoms with Gasteiger partial charge in [-0.05, 0) is 61.8 Å². The lowest BCUT2D eigenvalue weighted by Gasteiger charge is -2.25. The first-order valence-corrected chi connectivity index (χ1v) is 17.1. The highest BCUT2D eigenvalue weighted by molar-refractivity contribution is 6.04. The van der Waals surface area contributed by atoms with Crippen molar-refractivity contribution in [3.8, 4) is 0 Å². The molecule has 0 aliphatic carbocycles. The summed E-state index contributed by atoms with van der Waals surface area (Å²) in [6.45, 7) is 6.31. The van der Waals surface area contributed by atoms with Crippen molar-refractivity contribution < 1.29 is 33.6 Å². The number of hydrogen-bond acceptors (Lipinski definition) is 7. The van der Waals surface area contributed by atoms with Gasteiger partial charge >= 0.3 is 6.03 Å². The molecule has 14 heteroatoms. The van der Waals surface area contributed by atoms with Gasteiger partial charge in [-0.3, -0.25) is 34.1 Å². The van der Waals surface area contributed by atoms with Gasteiger partial charge in [0.2, 0.25) is 23.6 Å². The van der Waals surface area contributed by atoms with Crippen LogP contribution in [-0.2, 0) is 36.9 Å². The molecule has 0 spiro atoms. The van der Waals surface area contributed by atoms with Gasteiger partial charge in [-0.15, -0.1) is 0 Å². The Bertz CT molecular complexity index is 1550. The third-order valence-electron chi connectivity index (χ3n) is 8.60. The van der Waals surface area contributed by atoms with E-state index >= 15 is 0 Å². The maximum absolute atomic E-state index is 13.7. The summed E-state index contributed by atoms with van der Waals surface area (Å²) in [4.78, 5) is 91.9. The second kappa shape index (κ2) is 17.9. The molecule has 6 N–H and O–H groups in total. The summed E-state index contributed by atoms with van der Waals surface area (Å²) in [6.07, 6.45) is 1.76. The van der Waals surface area contributed by atoms with E-state index in [4.69, 9.17) is 0 Å². The van der Waals surface area contributed by atoms with Crippen LogP contribution in [0.2, 0.25) is 0 Å². The molecule has 2 aromatic carbocycles. The van der Waals surface area contributed by atoms with Gasteiger partial charge < -0.3 is 31.5 Å². The Morgan fingerprint density at radius 2 is 1.48 bits per heavy atom. The molecule has 0 radical (unpaired) electrons. The van der Waals surface area contributed by atoms with Crippen molar-refractivity contribution in [1.82, 2.24) is 36.8 Å². The minimum Gasteiger partial charge on any atom is -0.354 e. The first kappa shape index (κ1) is 37.5. The number of fused-ring (bicyclic) bond motifs is 18. The Hall–Kier alpha value is -5.27. The molecule has 3 heterocycles. The number of nitrogens with zero attached hydrogens (tertiary/aromatic N) is 1. The zero-order chi connectivity index (χ0) is 36.2. The first-order chi connectivity index (χ1) is 23.9. The van der Waals surface area contributed by atoms with Crippen molar-refractivity contribution in [3.05, 3.63) is 71.3 Å². The summed E-state index contributed by atoms with van der Waals surface area (Å²) in [7, 11) is 0. The number of hydrogen-bond donors (Lipinski definition) is 6. The van der Waals surface area contributed by atoms with Crippen molar-refractivity contribution in [2.45, 2.75) is 90.0 Å². The van der Waals surface area contributed by atoms with Crippen LogP contribution in [0.15, 0.2) is 54.6 Å². The van der Waals surface area contributed by atoms with E-state index < -0.39 is 59.7 Å². The number of urea groups is 1. The first-order valence-electron chi connectivity index (χ1n) is 17.1. The van der Waals surface area contributed by atoms with Crippen LogP contribution >= 0.6 is 0 Å². The molecule has 3 aliphatic heterocycles. The number of amides is 8. The number of nitrogens with one attached hydrogen (secondary N) is 6. The molecular weight excluding hydrogens is 642 g/mol. The van der Waals surface area contributed by atoms with E-state index in [1.807, 2.05) is 44.2 Å². The Morgan fingerprint density at radius 1 is 0.780 bits per heavy atom. The number of rotatable bonds is 7. The van der Waals surface area contributed by atoms with Crippen LogP contribution in [0.1, 0.15) is 74.4 Å². The molecule has 0 unspecified atom stereocenters. The van der Waals surface area contributed by atoms with Crippen molar-refractivity contribution in [3.63, 3.8) is 0 Å². The van der Waals surface area contributed by atoms with E-state index in [0.29, 0.717) is 37.9 Å². The summed E-state index contributed by atoms with van der Waals surface area (Å²) >= 11 is 0. The van der Waals surface area contributed by atoms with E-state index in [-0.39, 0.29) is 37.6 Å². The average molecular weight is 690 g/mol. The normalized spacial score (nSPS) is 22.8. The number of carbonyl (C=O) groups is 7. The standard InChI is InChI=1S/C36H47N7O7/c1-22(2)19-28-34(48)38-23(3)31(45)37-17-7-8-18-43(30(44)16-15-27-33(47)42-36(50)41-27)21-25-11-13-26(14-12-25)32(46)39-29(35(49)40-28)20-24-9-5-4-6-10-24/h4-6,9-14,22-23,27-29H,7-8,15-21H2,1-3H3,(H,37,45)(H,38,48)(H,39,46)(H,40,49)(H2,41,42,47,50)/t23-,27+,28+,29-/m1/s1. The third kappa shape index (κ3) is 11.1. The fourth-order valence-corrected chi connectivity index (χ4v) is 5.81.